The number of nitrogens with zero attached hydrogens (tertiary/aromatic N) is 2. The normalized spacial score (nSPS) is 12.0. The summed E-state index contributed by atoms with van der Waals surface area (Å²) in [4.78, 5) is 12.4. The van der Waals surface area contributed by atoms with Gasteiger partial charge in [-0.2, -0.15) is 4.31 Å². The molecule has 1 heterocycles. The summed E-state index contributed by atoms with van der Waals surface area (Å²) >= 11 is 0. The quantitative estimate of drug-likeness (QED) is 0.717. The number of anilines is 1. The predicted molar refractivity (Wildman–Crippen MR) is 98.1 cm³/mol. The molecule has 7 nitrogen and oxygen atoms in total. The topological polar surface area (TPSA) is 92.5 Å². The average Bonchev–Trinajstić information content (AvgIpc) is 3.11. The lowest BCUT2D eigenvalue weighted by Crippen LogP contribution is -2.42. The highest BCUT2D eigenvalue weighted by Crippen LogP contribution is 2.23. The molecular formula is C18H19N3O4S. The van der Waals surface area contributed by atoms with Gasteiger partial charge in [0.05, 0.1) is 11.4 Å². The van der Waals surface area contributed by atoms with Gasteiger partial charge in [-0.05, 0) is 36.8 Å². The summed E-state index contributed by atoms with van der Waals surface area (Å²) in [5.41, 5.74) is 0. The highest BCUT2D eigenvalue weighted by atomic mass is 32.2. The summed E-state index contributed by atoms with van der Waals surface area (Å²) in [7, 11) is -3.84. The summed E-state index contributed by atoms with van der Waals surface area (Å²) in [5, 5.41) is 7.87. The third-order valence-electron chi connectivity index (χ3n) is 3.91. The maximum atomic E-state index is 13.1. The number of aromatic nitrogens is 1. The zero-order chi connectivity index (χ0) is 18.7. The van der Waals surface area contributed by atoms with Crippen LogP contribution in [0.15, 0.2) is 64.2 Å². The summed E-state index contributed by atoms with van der Waals surface area (Å²) < 4.78 is 31.9. The molecule has 26 heavy (non-hydrogen) atoms. The van der Waals surface area contributed by atoms with Gasteiger partial charge in [-0.1, -0.05) is 35.5 Å². The van der Waals surface area contributed by atoms with E-state index in [1.807, 2.05) is 24.3 Å². The van der Waals surface area contributed by atoms with E-state index in [1.54, 1.807) is 32.0 Å². The Balaban J connectivity index is 1.88. The van der Waals surface area contributed by atoms with Crippen LogP contribution in [0.3, 0.4) is 0 Å². The van der Waals surface area contributed by atoms with Gasteiger partial charge in [0.1, 0.15) is 6.26 Å². The van der Waals surface area contributed by atoms with Crippen LogP contribution < -0.4 is 5.32 Å². The van der Waals surface area contributed by atoms with Crippen LogP contribution in [-0.4, -0.2) is 36.4 Å². The second kappa shape index (κ2) is 7.27. The smallest absolute Gasteiger partial charge is 0.243 e. The lowest BCUT2D eigenvalue weighted by atomic mass is 10.1. The van der Waals surface area contributed by atoms with Gasteiger partial charge in [0, 0.05) is 12.1 Å². The van der Waals surface area contributed by atoms with Crippen molar-refractivity contribution in [1.82, 2.24) is 9.46 Å². The molecule has 0 aliphatic carbocycles. The molecule has 0 spiro atoms. The molecule has 2 aromatic carbocycles. The van der Waals surface area contributed by atoms with Gasteiger partial charge in [-0.25, -0.2) is 8.42 Å². The first kappa shape index (κ1) is 18.1. The van der Waals surface area contributed by atoms with Gasteiger partial charge < -0.3 is 9.84 Å². The van der Waals surface area contributed by atoms with Crippen LogP contribution in [-0.2, 0) is 14.8 Å². The molecule has 0 saturated carbocycles. The molecule has 0 bridgehead atoms. The Hall–Kier alpha value is -2.71. The molecule has 0 fully saturated rings. The van der Waals surface area contributed by atoms with Crippen molar-refractivity contribution in [2.45, 2.75) is 24.8 Å². The number of hydrogen-bond donors (Lipinski definition) is 1. The van der Waals surface area contributed by atoms with E-state index in [9.17, 15) is 13.2 Å². The Labute approximate surface area is 151 Å². The Kier molecular flexibility index (Phi) is 5.06. The van der Waals surface area contributed by atoms with Gasteiger partial charge in [0.25, 0.3) is 0 Å². The molecular weight excluding hydrogens is 354 g/mol. The van der Waals surface area contributed by atoms with Gasteiger partial charge in [0.15, 0.2) is 5.82 Å². The van der Waals surface area contributed by atoms with Gasteiger partial charge in [0.2, 0.25) is 15.9 Å². The van der Waals surface area contributed by atoms with E-state index >= 15 is 0 Å². The van der Waals surface area contributed by atoms with Crippen LogP contribution >= 0.6 is 0 Å². The molecule has 0 atom stereocenters. The maximum absolute atomic E-state index is 13.1. The predicted octanol–water partition coefficient (Wildman–Crippen LogP) is 2.87. The van der Waals surface area contributed by atoms with Crippen molar-refractivity contribution in [2.24, 2.45) is 0 Å². The molecule has 136 valence electrons. The number of hydrogen-bond acceptors (Lipinski definition) is 5. The molecule has 0 aliphatic heterocycles. The Morgan fingerprint density at radius 3 is 2.54 bits per heavy atom. The molecule has 0 radical (unpaired) electrons. The monoisotopic (exact) mass is 373 g/mol. The standard InChI is InChI=1S/C18H19N3O4S/c1-13(2)21(12-18(22)19-17-9-10-25-20-17)26(23,24)16-8-7-14-5-3-4-6-15(14)11-16/h3-11,13H,12H2,1-2H3,(H,19,20,22). The number of nitrogens with one attached hydrogen (secondary N) is 1. The minimum atomic E-state index is -3.84. The van der Waals surface area contributed by atoms with Crippen LogP contribution in [0.4, 0.5) is 5.82 Å². The highest BCUT2D eigenvalue weighted by Gasteiger charge is 2.29. The van der Waals surface area contributed by atoms with E-state index in [0.717, 1.165) is 15.1 Å². The number of sulfonamides is 1. The van der Waals surface area contributed by atoms with E-state index in [1.165, 1.54) is 12.3 Å². The van der Waals surface area contributed by atoms with Crippen molar-refractivity contribution in [2.75, 3.05) is 11.9 Å². The van der Waals surface area contributed by atoms with Gasteiger partial charge in [-0.3, -0.25) is 4.79 Å². The zero-order valence-corrected chi connectivity index (χ0v) is 15.2. The average molecular weight is 373 g/mol. The van der Waals surface area contributed by atoms with Crippen molar-refractivity contribution in [3.63, 3.8) is 0 Å². The summed E-state index contributed by atoms with van der Waals surface area (Å²) in [6.07, 6.45) is 1.32. The Bertz CT molecular complexity index is 1010. The lowest BCUT2D eigenvalue weighted by Gasteiger charge is -2.25. The zero-order valence-electron chi connectivity index (χ0n) is 14.4. The fourth-order valence-corrected chi connectivity index (χ4v) is 4.24. The Morgan fingerprint density at radius 2 is 1.88 bits per heavy atom. The van der Waals surface area contributed by atoms with Crippen molar-refractivity contribution in [3.8, 4) is 0 Å². The third kappa shape index (κ3) is 3.76. The van der Waals surface area contributed by atoms with Crippen LogP contribution in [0.1, 0.15) is 13.8 Å². The van der Waals surface area contributed by atoms with Crippen LogP contribution in [0.25, 0.3) is 10.8 Å². The number of amides is 1. The number of fused-ring (bicyclic) bond motifs is 1. The van der Waals surface area contributed by atoms with Crippen molar-refractivity contribution in [1.29, 1.82) is 0 Å². The fourth-order valence-electron chi connectivity index (χ4n) is 2.61. The summed E-state index contributed by atoms with van der Waals surface area (Å²) in [6.45, 7) is 3.13. The van der Waals surface area contributed by atoms with Crippen LogP contribution in [0.2, 0.25) is 0 Å². The molecule has 0 saturated heterocycles. The third-order valence-corrected chi connectivity index (χ3v) is 5.93. The highest BCUT2D eigenvalue weighted by molar-refractivity contribution is 7.89. The van der Waals surface area contributed by atoms with Crippen molar-refractivity contribution in [3.05, 3.63) is 54.8 Å². The van der Waals surface area contributed by atoms with Crippen LogP contribution in [0.5, 0.6) is 0 Å². The molecule has 0 aliphatic rings. The molecule has 1 aromatic heterocycles. The van der Waals surface area contributed by atoms with E-state index in [-0.39, 0.29) is 17.3 Å². The molecule has 1 amide bonds. The van der Waals surface area contributed by atoms with E-state index < -0.39 is 22.0 Å². The minimum absolute atomic E-state index is 0.152. The molecule has 8 heteroatoms. The maximum Gasteiger partial charge on any atom is 0.243 e. The van der Waals surface area contributed by atoms with Crippen LogP contribution in [0, 0.1) is 0 Å². The first-order valence-electron chi connectivity index (χ1n) is 8.09. The minimum Gasteiger partial charge on any atom is -0.363 e. The first-order chi connectivity index (χ1) is 12.4. The van der Waals surface area contributed by atoms with E-state index in [4.69, 9.17) is 0 Å². The summed E-state index contributed by atoms with van der Waals surface area (Å²) in [5.74, 6) is -0.251. The second-order valence-corrected chi connectivity index (χ2v) is 7.98. The molecule has 1 N–H and O–H groups in total. The number of carbonyl (C=O) groups excluding carboxylic acids is 1. The first-order valence-corrected chi connectivity index (χ1v) is 9.53. The van der Waals surface area contributed by atoms with Gasteiger partial charge in [-0.15, -0.1) is 0 Å². The van der Waals surface area contributed by atoms with Gasteiger partial charge >= 0.3 is 0 Å². The SMILES string of the molecule is CC(C)N(CC(=O)Nc1ccon1)S(=O)(=O)c1ccc2ccccc2c1. The Morgan fingerprint density at radius 1 is 1.15 bits per heavy atom. The molecule has 0 unspecified atom stereocenters. The second-order valence-electron chi connectivity index (χ2n) is 6.09. The summed E-state index contributed by atoms with van der Waals surface area (Å²) in [6, 6.07) is 13.5. The lowest BCUT2D eigenvalue weighted by molar-refractivity contribution is -0.116. The number of carbonyl (C=O) groups is 1. The number of benzene rings is 2. The fraction of sp³-hybridized carbons (Fsp3) is 0.222. The molecule has 3 rings (SSSR count). The van der Waals surface area contributed by atoms with E-state index in [0.29, 0.717) is 0 Å². The molecule has 3 aromatic rings. The number of rotatable bonds is 6. The van der Waals surface area contributed by atoms with E-state index in [2.05, 4.69) is 15.0 Å². The van der Waals surface area contributed by atoms with Crippen molar-refractivity contribution >= 4 is 32.5 Å². The van der Waals surface area contributed by atoms with Crippen molar-refractivity contribution < 1.29 is 17.7 Å². The largest absolute Gasteiger partial charge is 0.363 e.